The van der Waals surface area contributed by atoms with Crippen molar-refractivity contribution in [2.75, 3.05) is 11.5 Å². The van der Waals surface area contributed by atoms with E-state index in [1.807, 2.05) is 26.0 Å². The highest BCUT2D eigenvalue weighted by Crippen LogP contribution is 2.50. The van der Waals surface area contributed by atoms with Crippen LogP contribution >= 0.6 is 0 Å². The number of fused-ring (bicyclic) bond motifs is 3. The molecule has 3 aromatic carbocycles. The van der Waals surface area contributed by atoms with Gasteiger partial charge >= 0.3 is 0 Å². The van der Waals surface area contributed by atoms with Gasteiger partial charge in [0.05, 0.1) is 44.3 Å². The van der Waals surface area contributed by atoms with Gasteiger partial charge in [-0.15, -0.1) is 0 Å². The van der Waals surface area contributed by atoms with Crippen LogP contribution in [-0.2, 0) is 17.2 Å². The van der Waals surface area contributed by atoms with Gasteiger partial charge in [0, 0.05) is 0 Å². The van der Waals surface area contributed by atoms with E-state index in [0.29, 0.717) is 0 Å². The van der Waals surface area contributed by atoms with E-state index in [9.17, 15) is 4.21 Å². The summed E-state index contributed by atoms with van der Waals surface area (Å²) >= 11 is 0. The molecule has 0 unspecified atom stereocenters. The quantitative estimate of drug-likeness (QED) is 0.435. The van der Waals surface area contributed by atoms with Gasteiger partial charge in [-0.05, 0) is 73.7 Å². The summed E-state index contributed by atoms with van der Waals surface area (Å²) in [4.78, 5) is 3.94. The molecule has 136 valence electrons. The Balaban J connectivity index is 1.81. The second-order valence-electron chi connectivity index (χ2n) is 7.26. The molecule has 0 N–H and O–H groups in total. The number of nitrogens with zero attached hydrogens (tertiary/aromatic N) is 1. The van der Waals surface area contributed by atoms with E-state index in [1.165, 1.54) is 5.56 Å². The molecule has 2 aliphatic heterocycles. The molecule has 0 amide bonds. The van der Waals surface area contributed by atoms with Crippen molar-refractivity contribution in [3.05, 3.63) is 71.3 Å². The minimum atomic E-state index is -1.19. The summed E-state index contributed by atoms with van der Waals surface area (Å²) < 4.78 is 19.4. The highest BCUT2D eigenvalue weighted by Gasteiger charge is 2.31. The Bertz CT molecular complexity index is 1030. The zero-order chi connectivity index (χ0) is 18.5. The van der Waals surface area contributed by atoms with Crippen LogP contribution in [-0.4, -0.2) is 10.8 Å². The molecular weight excluding hydrogens is 354 g/mol. The molecule has 3 aromatic rings. The summed E-state index contributed by atoms with van der Waals surface area (Å²) in [7, 11) is -1.19. The van der Waals surface area contributed by atoms with Crippen molar-refractivity contribution in [3.63, 3.8) is 0 Å². The maximum absolute atomic E-state index is 13.3. The average molecular weight is 375 g/mol. The first kappa shape index (κ1) is 16.6. The molecule has 0 radical (unpaired) electrons. The van der Waals surface area contributed by atoms with Crippen molar-refractivity contribution in [1.29, 1.82) is 0 Å². The maximum Gasteiger partial charge on any atom is 0.146 e. The van der Waals surface area contributed by atoms with E-state index in [-0.39, 0.29) is 0 Å². The summed E-state index contributed by atoms with van der Waals surface area (Å²) in [6.45, 7) is 4.83. The summed E-state index contributed by atoms with van der Waals surface area (Å²) in [5.41, 5.74) is 6.44. The first-order valence-corrected chi connectivity index (χ1v) is 10.5. The third kappa shape index (κ3) is 2.59. The van der Waals surface area contributed by atoms with Crippen molar-refractivity contribution >= 4 is 27.9 Å². The molecule has 0 saturated carbocycles. The Morgan fingerprint density at radius 3 is 2.22 bits per heavy atom. The average Bonchev–Trinajstić information content (AvgIpc) is 2.69. The van der Waals surface area contributed by atoms with Gasteiger partial charge in [-0.25, -0.2) is 4.21 Å². The number of hydrogen-bond donors (Lipinski definition) is 0. The van der Waals surface area contributed by atoms with Crippen LogP contribution in [0.3, 0.4) is 0 Å². The van der Waals surface area contributed by atoms with Crippen molar-refractivity contribution in [3.8, 4) is 5.75 Å². The Labute approximate surface area is 162 Å². The van der Waals surface area contributed by atoms with E-state index >= 15 is 0 Å². The number of benzene rings is 3. The Kier molecular flexibility index (Phi) is 3.83. The van der Waals surface area contributed by atoms with E-state index in [1.54, 1.807) is 0 Å². The monoisotopic (exact) mass is 375 g/mol. The molecular formula is C23H21NO2S. The Morgan fingerprint density at radius 2 is 1.56 bits per heavy atom. The summed E-state index contributed by atoms with van der Waals surface area (Å²) in [5, 5.41) is 0. The van der Waals surface area contributed by atoms with Gasteiger partial charge in [-0.3, -0.25) is 0 Å². The molecule has 3 nitrogen and oxygen atoms in total. The predicted molar refractivity (Wildman–Crippen MR) is 109 cm³/mol. The predicted octanol–water partition coefficient (Wildman–Crippen LogP) is 5.58. The van der Waals surface area contributed by atoms with Crippen LogP contribution in [0.5, 0.6) is 5.75 Å². The molecule has 4 heteroatoms. The zero-order valence-corrected chi connectivity index (χ0v) is 16.3. The molecule has 0 fully saturated rings. The number of aryl methyl sites for hydroxylation is 3. The highest BCUT2D eigenvalue weighted by atomic mass is 32.2. The Morgan fingerprint density at radius 1 is 0.889 bits per heavy atom. The second kappa shape index (κ2) is 6.24. The maximum atomic E-state index is 13.3. The summed E-state index contributed by atoms with van der Waals surface area (Å²) in [6, 6.07) is 18.7. The minimum Gasteiger partial charge on any atom is -0.491 e. The van der Waals surface area contributed by atoms with Crippen molar-refractivity contribution < 1.29 is 8.95 Å². The molecule has 0 atom stereocenters. The molecule has 0 spiro atoms. The second-order valence-corrected chi connectivity index (χ2v) is 8.68. The number of rotatable bonds is 1. The summed E-state index contributed by atoms with van der Waals surface area (Å²) in [5.74, 6) is 0.953. The fourth-order valence-corrected chi connectivity index (χ4v) is 5.49. The fourth-order valence-electron chi connectivity index (χ4n) is 3.96. The van der Waals surface area contributed by atoms with E-state index in [0.717, 1.165) is 63.2 Å². The van der Waals surface area contributed by atoms with Gasteiger partial charge < -0.3 is 9.64 Å². The fraction of sp³-hybridized carbons (Fsp3) is 0.217. The lowest BCUT2D eigenvalue weighted by atomic mass is 10.0. The molecule has 0 aromatic heterocycles. The number of hydrogen-bond acceptors (Lipinski definition) is 3. The number of anilines is 3. The van der Waals surface area contributed by atoms with Gasteiger partial charge in [0.2, 0.25) is 0 Å². The molecule has 0 saturated heterocycles. The molecule has 0 bridgehead atoms. The van der Waals surface area contributed by atoms with Gasteiger partial charge in [-0.1, -0.05) is 24.3 Å². The van der Waals surface area contributed by atoms with Crippen LogP contribution in [0.2, 0.25) is 0 Å². The molecule has 5 rings (SSSR count). The highest BCUT2D eigenvalue weighted by molar-refractivity contribution is 7.85. The first-order valence-electron chi connectivity index (χ1n) is 9.31. The Hall–Kier alpha value is -2.59. The lowest BCUT2D eigenvalue weighted by Gasteiger charge is -2.35. The van der Waals surface area contributed by atoms with E-state index < -0.39 is 10.8 Å². The number of ether oxygens (including phenoxy) is 1. The SMILES string of the molecule is Cc1ccc2c(c1)S(=O)c1cc(C)ccc1N2c1cccc2c1OCCC2. The van der Waals surface area contributed by atoms with Crippen molar-refractivity contribution in [2.24, 2.45) is 0 Å². The van der Waals surface area contributed by atoms with Crippen LogP contribution in [0.25, 0.3) is 0 Å². The third-order valence-corrected chi connectivity index (χ3v) is 6.72. The van der Waals surface area contributed by atoms with Crippen LogP contribution in [0.15, 0.2) is 64.4 Å². The number of para-hydroxylation sites is 1. The topological polar surface area (TPSA) is 29.5 Å². The zero-order valence-electron chi connectivity index (χ0n) is 15.5. The van der Waals surface area contributed by atoms with Crippen molar-refractivity contribution in [2.45, 2.75) is 36.5 Å². The largest absolute Gasteiger partial charge is 0.491 e. The van der Waals surface area contributed by atoms with E-state index in [4.69, 9.17) is 4.74 Å². The van der Waals surface area contributed by atoms with E-state index in [2.05, 4.69) is 47.4 Å². The standard InChI is InChI=1S/C23H21NO2S/c1-15-8-10-18-21(13-15)27(25)22-14-16(2)9-11-19(22)24(18)20-7-3-5-17-6-4-12-26-23(17)20/h3,5,7-11,13-14H,4,6,12H2,1-2H3. The van der Waals surface area contributed by atoms with Gasteiger partial charge in [0.15, 0.2) is 0 Å². The molecule has 2 aliphatic rings. The smallest absolute Gasteiger partial charge is 0.146 e. The van der Waals surface area contributed by atoms with Gasteiger partial charge in [0.1, 0.15) is 5.75 Å². The minimum absolute atomic E-state index is 0.741. The van der Waals surface area contributed by atoms with Crippen LogP contribution in [0.4, 0.5) is 17.1 Å². The van der Waals surface area contributed by atoms with Crippen LogP contribution < -0.4 is 9.64 Å². The first-order chi connectivity index (χ1) is 13.1. The normalized spacial score (nSPS) is 15.6. The van der Waals surface area contributed by atoms with Crippen LogP contribution in [0.1, 0.15) is 23.1 Å². The van der Waals surface area contributed by atoms with Crippen molar-refractivity contribution in [1.82, 2.24) is 0 Å². The molecule has 2 heterocycles. The van der Waals surface area contributed by atoms with Crippen LogP contribution in [0, 0.1) is 13.8 Å². The summed E-state index contributed by atoms with van der Waals surface area (Å²) in [6.07, 6.45) is 2.08. The lowest BCUT2D eigenvalue weighted by Crippen LogP contribution is -2.21. The lowest BCUT2D eigenvalue weighted by molar-refractivity contribution is 0.289. The molecule has 0 aliphatic carbocycles. The van der Waals surface area contributed by atoms with Gasteiger partial charge in [-0.2, -0.15) is 0 Å². The third-order valence-electron chi connectivity index (χ3n) is 5.27. The molecule has 27 heavy (non-hydrogen) atoms. The van der Waals surface area contributed by atoms with Gasteiger partial charge in [0.25, 0.3) is 0 Å².